The number of nitrogens with zero attached hydrogens (tertiary/aromatic N) is 2. The first-order chi connectivity index (χ1) is 13.8. The number of rotatable bonds is 10. The molecule has 0 spiro atoms. The second-order valence-corrected chi connectivity index (χ2v) is 9.36. The van der Waals surface area contributed by atoms with E-state index in [1.54, 1.807) is 6.92 Å². The highest BCUT2D eigenvalue weighted by Crippen LogP contribution is 2.25. The first-order valence-corrected chi connectivity index (χ1v) is 11.7. The summed E-state index contributed by atoms with van der Waals surface area (Å²) >= 11 is 2.76. The van der Waals surface area contributed by atoms with Gasteiger partial charge < -0.3 is 15.1 Å². The molecule has 2 rings (SSSR count). The Morgan fingerprint density at radius 2 is 2.34 bits per heavy atom. The molecule has 2 atom stereocenters. The maximum absolute atomic E-state index is 12.2. The van der Waals surface area contributed by atoms with Gasteiger partial charge in [0.1, 0.15) is 5.60 Å². The van der Waals surface area contributed by atoms with E-state index in [0.717, 1.165) is 25.7 Å². The molecule has 1 aromatic rings. The third-order valence-electron chi connectivity index (χ3n) is 4.52. The molecule has 1 amide bonds. The van der Waals surface area contributed by atoms with Crippen LogP contribution in [0.2, 0.25) is 0 Å². The van der Waals surface area contributed by atoms with Gasteiger partial charge in [-0.1, -0.05) is 43.2 Å². The molecule has 29 heavy (non-hydrogen) atoms. The van der Waals surface area contributed by atoms with Gasteiger partial charge in [-0.25, -0.2) is 9.78 Å². The Balaban J connectivity index is 1.83. The number of carbonyl (C=O) groups is 2. The average Bonchev–Trinajstić information content (AvgIpc) is 3.27. The van der Waals surface area contributed by atoms with Crippen molar-refractivity contribution in [1.82, 2.24) is 9.88 Å². The van der Waals surface area contributed by atoms with Gasteiger partial charge in [0, 0.05) is 36.9 Å². The van der Waals surface area contributed by atoms with Crippen LogP contribution >= 0.6 is 23.1 Å². The molecule has 2 heterocycles. The van der Waals surface area contributed by atoms with Crippen molar-refractivity contribution in [3.63, 3.8) is 0 Å². The van der Waals surface area contributed by atoms with E-state index in [9.17, 15) is 14.7 Å². The lowest BCUT2D eigenvalue weighted by molar-refractivity contribution is -0.128. The summed E-state index contributed by atoms with van der Waals surface area (Å²) in [5, 5.41) is 20.8. The second kappa shape index (κ2) is 11.4. The number of carboxylic acid groups (broad SMARTS) is 1. The zero-order valence-electron chi connectivity index (χ0n) is 16.9. The van der Waals surface area contributed by atoms with Gasteiger partial charge in [0.05, 0.1) is 6.04 Å². The zero-order valence-corrected chi connectivity index (χ0v) is 18.5. The number of carbonyl (C=O) groups excluding carboxylic acids is 1. The van der Waals surface area contributed by atoms with Crippen molar-refractivity contribution in [3.05, 3.63) is 23.2 Å². The predicted octanol–water partition coefficient (Wildman–Crippen LogP) is 3.82. The van der Waals surface area contributed by atoms with Gasteiger partial charge in [0.25, 0.3) is 0 Å². The summed E-state index contributed by atoms with van der Waals surface area (Å²) in [6, 6.07) is 0.0258. The van der Waals surface area contributed by atoms with Crippen LogP contribution in [0.1, 0.15) is 62.9 Å². The number of hydrogen-bond donors (Lipinski definition) is 2. The van der Waals surface area contributed by atoms with E-state index in [4.69, 9.17) is 5.11 Å². The Morgan fingerprint density at radius 3 is 3.03 bits per heavy atom. The highest BCUT2D eigenvalue weighted by Gasteiger charge is 2.28. The van der Waals surface area contributed by atoms with Crippen LogP contribution in [0.15, 0.2) is 21.9 Å². The van der Waals surface area contributed by atoms with Crippen molar-refractivity contribution in [2.75, 3.05) is 12.3 Å². The summed E-state index contributed by atoms with van der Waals surface area (Å²) in [7, 11) is 0. The van der Waals surface area contributed by atoms with Gasteiger partial charge >= 0.3 is 5.97 Å². The highest BCUT2D eigenvalue weighted by atomic mass is 32.2. The molecule has 2 N–H and O–H groups in total. The first kappa shape index (κ1) is 23.5. The molecule has 1 saturated heterocycles. The number of carboxylic acids is 1. The standard InChI is InChI=1S/C21H28N2O4S2/c1-3-4-5-6-11-21(2,27)12-7-8-16-9-10-18(24)23(16)13-14-28-20-22-17(15-29-20)19(25)26/h7-8,15-16,27H,3-5,9-10,12-14H2,1-2H3,(H,25,26)/t16-,21?/m0/s1. The lowest BCUT2D eigenvalue weighted by atomic mass is 10.0. The number of thiazole rings is 1. The molecule has 1 fully saturated rings. The van der Waals surface area contributed by atoms with Crippen molar-refractivity contribution in [2.24, 2.45) is 0 Å². The van der Waals surface area contributed by atoms with Crippen molar-refractivity contribution in [3.8, 4) is 11.8 Å². The maximum atomic E-state index is 12.2. The monoisotopic (exact) mass is 436 g/mol. The van der Waals surface area contributed by atoms with Gasteiger partial charge in [-0.05, 0) is 19.8 Å². The molecular formula is C21H28N2O4S2. The highest BCUT2D eigenvalue weighted by molar-refractivity contribution is 8.01. The Labute approximate surface area is 180 Å². The quantitative estimate of drug-likeness (QED) is 0.251. The number of aromatic nitrogens is 1. The van der Waals surface area contributed by atoms with Crippen LogP contribution in [-0.2, 0) is 4.79 Å². The first-order valence-electron chi connectivity index (χ1n) is 9.82. The summed E-state index contributed by atoms with van der Waals surface area (Å²) in [5.41, 5.74) is -0.999. The van der Waals surface area contributed by atoms with Crippen LogP contribution in [0.25, 0.3) is 0 Å². The van der Waals surface area contributed by atoms with E-state index >= 15 is 0 Å². The molecule has 1 aliphatic rings. The predicted molar refractivity (Wildman–Crippen MR) is 116 cm³/mol. The van der Waals surface area contributed by atoms with E-state index in [1.807, 2.05) is 17.1 Å². The minimum atomic E-state index is -1.06. The number of likely N-dealkylation sites (tertiary alicyclic amines) is 1. The maximum Gasteiger partial charge on any atom is 0.355 e. The van der Waals surface area contributed by atoms with Gasteiger partial charge in [-0.3, -0.25) is 4.79 Å². The number of hydrogen-bond acceptors (Lipinski definition) is 6. The second-order valence-electron chi connectivity index (χ2n) is 7.16. The molecule has 8 heteroatoms. The van der Waals surface area contributed by atoms with Crippen LogP contribution in [0, 0.1) is 11.8 Å². The van der Waals surface area contributed by atoms with Gasteiger partial charge in [0.2, 0.25) is 5.91 Å². The summed E-state index contributed by atoms with van der Waals surface area (Å²) in [6.45, 7) is 4.40. The third kappa shape index (κ3) is 7.84. The molecule has 0 aliphatic carbocycles. The van der Waals surface area contributed by atoms with E-state index in [2.05, 4.69) is 23.7 Å². The molecule has 1 aromatic heterocycles. The van der Waals surface area contributed by atoms with E-state index in [1.165, 1.54) is 28.5 Å². The van der Waals surface area contributed by atoms with Crippen LogP contribution in [0.3, 0.4) is 0 Å². The van der Waals surface area contributed by atoms with Gasteiger partial charge in [-0.2, -0.15) is 0 Å². The summed E-state index contributed by atoms with van der Waals surface area (Å²) < 4.78 is 0.693. The number of aromatic carboxylic acids is 1. The fraction of sp³-hybridized carbons (Fsp3) is 0.571. The van der Waals surface area contributed by atoms with Crippen LogP contribution < -0.4 is 0 Å². The molecule has 0 radical (unpaired) electrons. The minimum absolute atomic E-state index is 0.0258. The lowest BCUT2D eigenvalue weighted by Crippen LogP contribution is -2.33. The van der Waals surface area contributed by atoms with Crippen LogP contribution in [0.5, 0.6) is 0 Å². The summed E-state index contributed by atoms with van der Waals surface area (Å²) in [6.07, 6.45) is 8.54. The molecule has 0 bridgehead atoms. The normalized spacial score (nSPS) is 18.7. The molecule has 6 nitrogen and oxygen atoms in total. The molecule has 158 valence electrons. The smallest absolute Gasteiger partial charge is 0.355 e. The fourth-order valence-corrected chi connectivity index (χ4v) is 4.73. The average molecular weight is 437 g/mol. The van der Waals surface area contributed by atoms with Crippen molar-refractivity contribution < 1.29 is 19.8 Å². The number of aliphatic hydroxyl groups is 1. The van der Waals surface area contributed by atoms with Crippen LogP contribution in [-0.4, -0.2) is 55.9 Å². The number of amides is 1. The Morgan fingerprint density at radius 1 is 1.55 bits per heavy atom. The van der Waals surface area contributed by atoms with Crippen molar-refractivity contribution in [1.29, 1.82) is 0 Å². The Kier molecular flexibility index (Phi) is 9.21. The van der Waals surface area contributed by atoms with E-state index in [0.29, 0.717) is 29.5 Å². The molecule has 1 unspecified atom stereocenters. The molecule has 0 aromatic carbocycles. The van der Waals surface area contributed by atoms with Crippen molar-refractivity contribution in [2.45, 2.75) is 68.4 Å². The molecular weight excluding hydrogens is 408 g/mol. The fourth-order valence-electron chi connectivity index (χ4n) is 2.92. The summed E-state index contributed by atoms with van der Waals surface area (Å²) in [4.78, 5) is 29.0. The topological polar surface area (TPSA) is 90.7 Å². The molecule has 0 saturated carbocycles. The SMILES string of the molecule is CCCCC#CC(C)(O)CC=C[C@H]1CCC(=O)N1CCSc1nc(C(=O)O)cs1. The van der Waals surface area contributed by atoms with E-state index in [-0.39, 0.29) is 17.6 Å². The van der Waals surface area contributed by atoms with Crippen LogP contribution in [0.4, 0.5) is 0 Å². The number of unbranched alkanes of at least 4 members (excludes halogenated alkanes) is 2. The van der Waals surface area contributed by atoms with Crippen molar-refractivity contribution >= 4 is 35.0 Å². The number of thioether (sulfide) groups is 1. The van der Waals surface area contributed by atoms with E-state index < -0.39 is 11.6 Å². The van der Waals surface area contributed by atoms with Gasteiger partial charge in [-0.15, -0.1) is 17.3 Å². The molecule has 1 aliphatic heterocycles. The zero-order chi connectivity index (χ0) is 21.3. The summed E-state index contributed by atoms with van der Waals surface area (Å²) in [5.74, 6) is 5.70. The van der Waals surface area contributed by atoms with Gasteiger partial charge in [0.15, 0.2) is 10.0 Å². The minimum Gasteiger partial charge on any atom is -0.476 e. The third-order valence-corrected chi connectivity index (χ3v) is 6.52. The largest absolute Gasteiger partial charge is 0.476 e. The lowest BCUT2D eigenvalue weighted by Gasteiger charge is -2.22. The Bertz CT molecular complexity index is 792. The Hall–Kier alpha value is -1.82.